The number of piperidine rings is 1. The molecule has 7 rings (SSSR count). The molecule has 4 saturated carbocycles. The number of carbonyl (C=O) groups is 1. The number of hydrogen-bond donors (Lipinski definition) is 0. The molecule has 180 valence electrons. The lowest BCUT2D eigenvalue weighted by molar-refractivity contribution is -0.157. The van der Waals surface area contributed by atoms with Crippen LogP contribution < -0.4 is 0 Å². The highest BCUT2D eigenvalue weighted by Gasteiger charge is 2.57. The van der Waals surface area contributed by atoms with E-state index in [4.69, 9.17) is 0 Å². The van der Waals surface area contributed by atoms with Gasteiger partial charge in [0.2, 0.25) is 15.9 Å². The van der Waals surface area contributed by atoms with Crippen LogP contribution in [0.3, 0.4) is 0 Å². The van der Waals surface area contributed by atoms with Crippen LogP contribution in [-0.4, -0.2) is 49.7 Å². The molecule has 1 amide bonds. The van der Waals surface area contributed by atoms with Crippen molar-refractivity contribution in [2.75, 3.05) is 26.2 Å². The van der Waals surface area contributed by atoms with Crippen molar-refractivity contribution in [1.82, 2.24) is 9.21 Å². The minimum atomic E-state index is -3.47. The van der Waals surface area contributed by atoms with E-state index in [1.807, 2.05) is 26.0 Å². The number of benzene rings is 1. The summed E-state index contributed by atoms with van der Waals surface area (Å²) in [4.78, 5) is 16.5. The number of rotatable bonds is 3. The average molecular weight is 471 g/mol. The minimum absolute atomic E-state index is 0.0625. The van der Waals surface area contributed by atoms with E-state index >= 15 is 0 Å². The van der Waals surface area contributed by atoms with Crippen molar-refractivity contribution in [3.63, 3.8) is 0 Å². The second-order valence-electron chi connectivity index (χ2n) is 12.3. The fourth-order valence-electron chi connectivity index (χ4n) is 8.55. The van der Waals surface area contributed by atoms with Crippen LogP contribution in [0.1, 0.15) is 68.9 Å². The van der Waals surface area contributed by atoms with Gasteiger partial charge in [0, 0.05) is 26.2 Å². The van der Waals surface area contributed by atoms with Gasteiger partial charge in [-0.05, 0) is 112 Å². The van der Waals surface area contributed by atoms with Crippen LogP contribution in [0.25, 0.3) is 0 Å². The largest absolute Gasteiger partial charge is 0.342 e. The van der Waals surface area contributed by atoms with Crippen LogP contribution in [0.4, 0.5) is 0 Å². The molecule has 4 aliphatic carbocycles. The number of aryl methyl sites for hydroxylation is 2. The van der Waals surface area contributed by atoms with E-state index in [1.54, 1.807) is 10.4 Å². The van der Waals surface area contributed by atoms with E-state index in [0.29, 0.717) is 23.9 Å². The standard InChI is InChI=1S/C27H38N2O3S/c1-19-3-4-20(2)24(11-19)33(31,32)29-9-6-26(7-10-29)5-8-28(18-26)25(30)27-15-21-12-22(16-27)14-23(13-21)17-27/h3-4,11,21-23H,5-10,12-18H2,1-2H3. The maximum absolute atomic E-state index is 13.8. The van der Waals surface area contributed by atoms with Crippen molar-refractivity contribution >= 4 is 15.9 Å². The third kappa shape index (κ3) is 3.58. The van der Waals surface area contributed by atoms with Gasteiger partial charge >= 0.3 is 0 Å². The molecule has 0 aromatic heterocycles. The predicted octanol–water partition coefficient (Wildman–Crippen LogP) is 4.52. The zero-order valence-electron chi connectivity index (χ0n) is 20.2. The highest BCUT2D eigenvalue weighted by molar-refractivity contribution is 7.89. The van der Waals surface area contributed by atoms with Gasteiger partial charge in [0.25, 0.3) is 0 Å². The first-order valence-corrected chi connectivity index (χ1v) is 14.5. The molecule has 2 aliphatic heterocycles. The Bertz CT molecular complexity index is 1040. The summed E-state index contributed by atoms with van der Waals surface area (Å²) in [5.74, 6) is 2.81. The molecule has 0 unspecified atom stereocenters. The molecule has 1 aromatic rings. The number of sulfonamides is 1. The van der Waals surface area contributed by atoms with Crippen LogP contribution >= 0.6 is 0 Å². The summed E-state index contributed by atoms with van der Waals surface area (Å²) in [6.45, 7) is 6.65. The normalized spacial score (nSPS) is 35.5. The van der Waals surface area contributed by atoms with E-state index in [1.165, 1.54) is 19.3 Å². The number of likely N-dealkylation sites (tertiary alicyclic amines) is 1. The van der Waals surface area contributed by atoms with Crippen LogP contribution in [-0.2, 0) is 14.8 Å². The number of amides is 1. The summed E-state index contributed by atoms with van der Waals surface area (Å²) in [7, 11) is -3.47. The predicted molar refractivity (Wildman–Crippen MR) is 128 cm³/mol. The first kappa shape index (κ1) is 22.1. The molecule has 33 heavy (non-hydrogen) atoms. The molecule has 0 N–H and O–H groups in total. The van der Waals surface area contributed by atoms with Crippen molar-refractivity contribution in [2.24, 2.45) is 28.6 Å². The van der Waals surface area contributed by atoms with Crippen LogP contribution in [0.5, 0.6) is 0 Å². The molecule has 6 aliphatic rings. The molecule has 6 heteroatoms. The lowest BCUT2D eigenvalue weighted by atomic mass is 9.49. The van der Waals surface area contributed by atoms with Gasteiger partial charge in [0.15, 0.2) is 0 Å². The number of nitrogens with zero attached hydrogens (tertiary/aromatic N) is 2. The lowest BCUT2D eigenvalue weighted by Gasteiger charge is -2.56. The molecule has 1 aromatic carbocycles. The van der Waals surface area contributed by atoms with Crippen LogP contribution in [0.15, 0.2) is 23.1 Å². The number of hydrogen-bond acceptors (Lipinski definition) is 3. The van der Waals surface area contributed by atoms with Gasteiger partial charge in [-0.25, -0.2) is 8.42 Å². The Morgan fingerprint density at radius 2 is 1.48 bits per heavy atom. The van der Waals surface area contributed by atoms with Gasteiger partial charge in [-0.2, -0.15) is 4.31 Å². The smallest absolute Gasteiger partial charge is 0.243 e. The molecule has 4 bridgehead atoms. The minimum Gasteiger partial charge on any atom is -0.342 e. The molecule has 0 radical (unpaired) electrons. The van der Waals surface area contributed by atoms with Gasteiger partial charge < -0.3 is 4.90 Å². The Kier molecular flexibility index (Phi) is 5.05. The molecule has 0 atom stereocenters. The maximum atomic E-state index is 13.8. The molecular formula is C27H38N2O3S. The van der Waals surface area contributed by atoms with Crippen molar-refractivity contribution in [1.29, 1.82) is 0 Å². The van der Waals surface area contributed by atoms with Crippen molar-refractivity contribution < 1.29 is 13.2 Å². The molecule has 5 nitrogen and oxygen atoms in total. The zero-order chi connectivity index (χ0) is 23.0. The second kappa shape index (κ2) is 7.55. The van der Waals surface area contributed by atoms with Crippen LogP contribution in [0, 0.1) is 42.4 Å². The Labute approximate surface area is 199 Å². The summed E-state index contributed by atoms with van der Waals surface area (Å²) in [6, 6.07) is 5.67. The summed E-state index contributed by atoms with van der Waals surface area (Å²) in [6.07, 6.45) is 10.2. The zero-order valence-corrected chi connectivity index (χ0v) is 21.0. The molecule has 6 fully saturated rings. The van der Waals surface area contributed by atoms with Gasteiger partial charge in [0.05, 0.1) is 10.3 Å². The summed E-state index contributed by atoms with van der Waals surface area (Å²) in [5, 5.41) is 0. The third-order valence-corrected chi connectivity index (χ3v) is 12.0. The van der Waals surface area contributed by atoms with Crippen LogP contribution in [0.2, 0.25) is 0 Å². The van der Waals surface area contributed by atoms with E-state index in [2.05, 4.69) is 4.90 Å². The molecule has 2 saturated heterocycles. The molecular weight excluding hydrogens is 432 g/mol. The van der Waals surface area contributed by atoms with E-state index in [9.17, 15) is 13.2 Å². The van der Waals surface area contributed by atoms with Gasteiger partial charge in [0.1, 0.15) is 0 Å². The average Bonchev–Trinajstić information content (AvgIpc) is 3.17. The van der Waals surface area contributed by atoms with E-state index < -0.39 is 10.0 Å². The SMILES string of the molecule is Cc1ccc(C)c(S(=O)(=O)N2CCC3(CCN(C(=O)C45CC6CC(CC(C6)C4)C5)C3)CC2)c1. The van der Waals surface area contributed by atoms with Gasteiger partial charge in [-0.1, -0.05) is 12.1 Å². The first-order chi connectivity index (χ1) is 15.7. The monoisotopic (exact) mass is 470 g/mol. The lowest BCUT2D eigenvalue weighted by Crippen LogP contribution is -2.54. The fraction of sp³-hybridized carbons (Fsp3) is 0.741. The van der Waals surface area contributed by atoms with Gasteiger partial charge in [-0.3, -0.25) is 4.79 Å². The van der Waals surface area contributed by atoms with Crippen molar-refractivity contribution in [3.8, 4) is 0 Å². The van der Waals surface area contributed by atoms with Crippen molar-refractivity contribution in [3.05, 3.63) is 29.3 Å². The Morgan fingerprint density at radius 1 is 0.909 bits per heavy atom. The summed E-state index contributed by atoms with van der Waals surface area (Å²) < 4.78 is 28.4. The molecule has 2 heterocycles. The van der Waals surface area contributed by atoms with Gasteiger partial charge in [-0.15, -0.1) is 0 Å². The number of carbonyl (C=O) groups excluding carboxylic acids is 1. The maximum Gasteiger partial charge on any atom is 0.243 e. The van der Waals surface area contributed by atoms with Crippen molar-refractivity contribution in [2.45, 2.75) is 76.5 Å². The Hall–Kier alpha value is -1.40. The highest BCUT2D eigenvalue weighted by atomic mass is 32.2. The third-order valence-electron chi connectivity index (χ3n) is 9.96. The summed E-state index contributed by atoms with van der Waals surface area (Å²) in [5.41, 5.74) is 1.83. The highest BCUT2D eigenvalue weighted by Crippen LogP contribution is 2.61. The Balaban J connectivity index is 1.13. The quantitative estimate of drug-likeness (QED) is 0.652. The second-order valence-corrected chi connectivity index (χ2v) is 14.3. The Morgan fingerprint density at radius 3 is 2.09 bits per heavy atom. The summed E-state index contributed by atoms with van der Waals surface area (Å²) >= 11 is 0. The van der Waals surface area contributed by atoms with E-state index in [0.717, 1.165) is 80.5 Å². The first-order valence-electron chi connectivity index (χ1n) is 13.0. The molecule has 1 spiro atoms. The van der Waals surface area contributed by atoms with E-state index in [-0.39, 0.29) is 10.8 Å². The topological polar surface area (TPSA) is 57.7 Å². The fourth-order valence-corrected chi connectivity index (χ4v) is 10.3.